The lowest BCUT2D eigenvalue weighted by atomic mass is 9.47. The molecular formula is C25H40N2O2. The maximum Gasteiger partial charge on any atom is 0.139 e. The van der Waals surface area contributed by atoms with Crippen LogP contribution in [0.2, 0.25) is 0 Å². The van der Waals surface area contributed by atoms with E-state index in [0.717, 1.165) is 70.6 Å². The molecule has 3 saturated carbocycles. The van der Waals surface area contributed by atoms with Gasteiger partial charge in [0, 0.05) is 11.8 Å². The lowest BCUT2D eigenvalue weighted by molar-refractivity contribution is -0.131. The highest BCUT2D eigenvalue weighted by atomic mass is 16.6. The van der Waals surface area contributed by atoms with Gasteiger partial charge in [0.1, 0.15) is 12.4 Å². The van der Waals surface area contributed by atoms with E-state index in [9.17, 15) is 4.79 Å². The molecule has 4 aliphatic carbocycles. The Morgan fingerprint density at radius 3 is 2.83 bits per heavy atom. The molecular weight excluding hydrogens is 360 g/mol. The van der Waals surface area contributed by atoms with Crippen LogP contribution >= 0.6 is 0 Å². The summed E-state index contributed by atoms with van der Waals surface area (Å²) in [7, 11) is 0. The van der Waals surface area contributed by atoms with Gasteiger partial charge in [-0.25, -0.2) is 0 Å². The van der Waals surface area contributed by atoms with Crippen LogP contribution in [-0.2, 0) is 9.63 Å². The van der Waals surface area contributed by atoms with E-state index >= 15 is 0 Å². The van der Waals surface area contributed by atoms with E-state index in [1.807, 2.05) is 0 Å². The number of unbranched alkanes of at least 4 members (excludes halogenated alkanes) is 1. The van der Waals surface area contributed by atoms with Gasteiger partial charge >= 0.3 is 0 Å². The van der Waals surface area contributed by atoms with Crippen molar-refractivity contribution in [3.8, 4) is 0 Å². The number of allylic oxidation sites excluding steroid dienone is 2. The van der Waals surface area contributed by atoms with Gasteiger partial charge in [0.05, 0.1) is 5.71 Å². The van der Waals surface area contributed by atoms with Gasteiger partial charge in [0.15, 0.2) is 0 Å². The van der Waals surface area contributed by atoms with Crippen LogP contribution in [0.4, 0.5) is 0 Å². The van der Waals surface area contributed by atoms with E-state index in [1.54, 1.807) is 0 Å². The number of ketones is 1. The quantitative estimate of drug-likeness (QED) is 0.366. The van der Waals surface area contributed by atoms with Crippen LogP contribution < -0.4 is 5.32 Å². The molecule has 0 heterocycles. The Balaban J connectivity index is 1.37. The van der Waals surface area contributed by atoms with E-state index in [0.29, 0.717) is 29.0 Å². The third-order valence-corrected chi connectivity index (χ3v) is 8.99. The smallest absolute Gasteiger partial charge is 0.139 e. The average molecular weight is 401 g/mol. The van der Waals surface area contributed by atoms with Gasteiger partial charge in [0.25, 0.3) is 0 Å². The molecule has 4 unspecified atom stereocenters. The van der Waals surface area contributed by atoms with Crippen LogP contribution in [0.1, 0.15) is 78.6 Å². The zero-order valence-electron chi connectivity index (χ0n) is 18.7. The fraction of sp³-hybridized carbons (Fsp3) is 0.840. The summed E-state index contributed by atoms with van der Waals surface area (Å²) in [6.45, 7) is 9.75. The molecule has 3 fully saturated rings. The summed E-state index contributed by atoms with van der Waals surface area (Å²) in [5.41, 5.74) is 1.56. The van der Waals surface area contributed by atoms with Crippen LogP contribution in [0.5, 0.6) is 0 Å². The Bertz CT molecular complexity index is 672. The Kier molecular flexibility index (Phi) is 6.20. The first-order valence-corrected chi connectivity index (χ1v) is 12.1. The van der Waals surface area contributed by atoms with Gasteiger partial charge in [0.2, 0.25) is 0 Å². The summed E-state index contributed by atoms with van der Waals surface area (Å²) >= 11 is 0. The van der Waals surface area contributed by atoms with Crippen molar-refractivity contribution in [2.24, 2.45) is 39.7 Å². The molecule has 0 aromatic rings. The summed E-state index contributed by atoms with van der Waals surface area (Å²) in [6, 6.07) is 0. The van der Waals surface area contributed by atoms with Crippen molar-refractivity contribution in [3.63, 3.8) is 0 Å². The fourth-order valence-electron chi connectivity index (χ4n) is 7.02. The first kappa shape index (κ1) is 21.1. The Morgan fingerprint density at radius 1 is 1.14 bits per heavy atom. The second-order valence-corrected chi connectivity index (χ2v) is 10.5. The number of Topliss-reactive ketones (excluding diaryl/α,β-unsaturated/α-hetero) is 1. The minimum Gasteiger partial charge on any atom is -0.396 e. The molecule has 0 saturated heterocycles. The van der Waals surface area contributed by atoms with Crippen molar-refractivity contribution in [1.29, 1.82) is 0 Å². The first-order chi connectivity index (χ1) is 14.0. The van der Waals surface area contributed by atoms with Crippen LogP contribution in [0, 0.1) is 34.5 Å². The number of fused-ring (bicyclic) bond motifs is 5. The molecule has 4 aliphatic rings. The number of rotatable bonds is 7. The van der Waals surface area contributed by atoms with Crippen molar-refractivity contribution >= 4 is 11.5 Å². The van der Waals surface area contributed by atoms with Crippen molar-refractivity contribution < 1.29 is 9.63 Å². The van der Waals surface area contributed by atoms with Gasteiger partial charge in [-0.3, -0.25) is 4.79 Å². The lowest BCUT2D eigenvalue weighted by Gasteiger charge is -2.57. The molecule has 0 spiro atoms. The van der Waals surface area contributed by atoms with Crippen LogP contribution in [0.15, 0.2) is 17.3 Å². The van der Waals surface area contributed by atoms with Crippen LogP contribution in [-0.4, -0.2) is 31.2 Å². The van der Waals surface area contributed by atoms with E-state index in [2.05, 4.69) is 43.4 Å². The number of hydrogen-bond acceptors (Lipinski definition) is 4. The maximum absolute atomic E-state index is 12.6. The second kappa shape index (κ2) is 8.53. The monoisotopic (exact) mass is 400 g/mol. The number of nitrogens with zero attached hydrogens (tertiary/aromatic N) is 1. The topological polar surface area (TPSA) is 50.7 Å². The summed E-state index contributed by atoms with van der Waals surface area (Å²) in [5, 5.41) is 7.87. The van der Waals surface area contributed by atoms with E-state index in [1.165, 1.54) is 18.6 Å². The normalized spacial score (nSPS) is 42.4. The predicted octanol–water partition coefficient (Wildman–Crippen LogP) is 5.14. The highest BCUT2D eigenvalue weighted by molar-refractivity contribution is 5.87. The van der Waals surface area contributed by atoms with Crippen molar-refractivity contribution in [3.05, 3.63) is 12.2 Å². The number of oxime groups is 1. The standard InChI is InChI=1S/C25H40N2O2/c1-4-26-15-5-6-16-29-27-19-11-13-24(2)18(17-19)7-8-20-21-9-10-23(28)25(21,3)14-12-22(20)24/h7-8,18,20-22,26H,4-6,9-17H2,1-3H3/b27-19-/t18?,20?,21?,22?,24-,25-/m0/s1. The van der Waals surface area contributed by atoms with Crippen LogP contribution in [0.3, 0.4) is 0 Å². The zero-order chi connectivity index (χ0) is 20.5. The molecule has 4 nitrogen and oxygen atoms in total. The molecule has 4 rings (SSSR count). The van der Waals surface area contributed by atoms with Crippen molar-refractivity contribution in [2.45, 2.75) is 78.6 Å². The summed E-state index contributed by atoms with van der Waals surface area (Å²) in [6.07, 6.45) is 14.8. The van der Waals surface area contributed by atoms with E-state index in [4.69, 9.17) is 4.84 Å². The maximum atomic E-state index is 12.6. The van der Waals surface area contributed by atoms with Gasteiger partial charge < -0.3 is 10.2 Å². The highest BCUT2D eigenvalue weighted by Crippen LogP contribution is 2.63. The Labute approximate surface area is 176 Å². The van der Waals surface area contributed by atoms with Gasteiger partial charge in [-0.1, -0.05) is 38.1 Å². The van der Waals surface area contributed by atoms with Crippen molar-refractivity contribution in [1.82, 2.24) is 5.32 Å². The Morgan fingerprint density at radius 2 is 2.00 bits per heavy atom. The molecule has 0 aromatic carbocycles. The lowest BCUT2D eigenvalue weighted by Crippen LogP contribution is -2.51. The van der Waals surface area contributed by atoms with E-state index < -0.39 is 0 Å². The highest BCUT2D eigenvalue weighted by Gasteiger charge is 2.58. The minimum absolute atomic E-state index is 0.0452. The molecule has 0 amide bonds. The summed E-state index contributed by atoms with van der Waals surface area (Å²) in [5.74, 6) is 3.02. The third-order valence-electron chi connectivity index (χ3n) is 8.99. The van der Waals surface area contributed by atoms with Gasteiger partial charge in [-0.2, -0.15) is 0 Å². The number of carbonyl (C=O) groups excluding carboxylic acids is 1. The molecule has 6 atom stereocenters. The summed E-state index contributed by atoms with van der Waals surface area (Å²) in [4.78, 5) is 18.2. The minimum atomic E-state index is -0.0452. The van der Waals surface area contributed by atoms with Crippen LogP contribution in [0.25, 0.3) is 0 Å². The van der Waals surface area contributed by atoms with Gasteiger partial charge in [-0.15, -0.1) is 0 Å². The molecule has 162 valence electrons. The molecule has 0 aromatic heterocycles. The Hall–Kier alpha value is -1.16. The second-order valence-electron chi connectivity index (χ2n) is 10.5. The third kappa shape index (κ3) is 3.82. The zero-order valence-corrected chi connectivity index (χ0v) is 18.7. The molecule has 0 radical (unpaired) electrons. The predicted molar refractivity (Wildman–Crippen MR) is 118 cm³/mol. The fourth-order valence-corrected chi connectivity index (χ4v) is 7.02. The number of carbonyl (C=O) groups is 1. The van der Waals surface area contributed by atoms with Gasteiger partial charge in [-0.05, 0) is 93.5 Å². The molecule has 0 aliphatic heterocycles. The number of nitrogens with one attached hydrogen (secondary N) is 1. The SMILES string of the molecule is CCNCCCCO/N=C1/CC[C@@]2(C)C(C=CC3C2CC[C@]2(C)C(=O)CCC32)C1. The average Bonchev–Trinajstić information content (AvgIpc) is 3.02. The molecule has 4 heteroatoms. The molecule has 1 N–H and O–H groups in total. The van der Waals surface area contributed by atoms with E-state index in [-0.39, 0.29) is 5.41 Å². The summed E-state index contributed by atoms with van der Waals surface area (Å²) < 4.78 is 0. The first-order valence-electron chi connectivity index (χ1n) is 12.1. The molecule has 29 heavy (non-hydrogen) atoms. The largest absolute Gasteiger partial charge is 0.396 e. The molecule has 0 bridgehead atoms. The number of hydrogen-bond donors (Lipinski definition) is 1. The van der Waals surface area contributed by atoms with Crippen molar-refractivity contribution in [2.75, 3.05) is 19.7 Å².